The van der Waals surface area contributed by atoms with Gasteiger partial charge in [-0.15, -0.1) is 5.10 Å². The number of hydrogen-bond donors (Lipinski definition) is 0. The zero-order valence-corrected chi connectivity index (χ0v) is 7.37. The number of carbonyl (C=O) groups excluding carboxylic acids is 1. The van der Waals surface area contributed by atoms with Gasteiger partial charge in [-0.05, 0) is 12.1 Å². The summed E-state index contributed by atoms with van der Waals surface area (Å²) in [5.74, 6) is 0. The Morgan fingerprint density at radius 3 is 3.07 bits per heavy atom. The van der Waals surface area contributed by atoms with E-state index in [4.69, 9.17) is 0 Å². The Kier molecular flexibility index (Phi) is 2.31. The summed E-state index contributed by atoms with van der Waals surface area (Å²) in [6.45, 7) is 0.529. The largest absolute Gasteiger partial charge is 0.296 e. The summed E-state index contributed by atoms with van der Waals surface area (Å²) in [4.78, 5) is 14.6. The Morgan fingerprint density at radius 1 is 1.43 bits per heavy atom. The van der Waals surface area contributed by atoms with Gasteiger partial charge in [-0.3, -0.25) is 4.79 Å². The average molecular weight is 188 g/mol. The lowest BCUT2D eigenvalue weighted by molar-refractivity contribution is 0.111. The Morgan fingerprint density at radius 2 is 2.36 bits per heavy atom. The normalized spacial score (nSPS) is 10.0. The highest BCUT2D eigenvalue weighted by atomic mass is 16.1. The first-order valence-electron chi connectivity index (χ1n) is 4.14. The number of carbonyl (C=O) groups is 1. The zero-order chi connectivity index (χ0) is 9.80. The second-order valence-corrected chi connectivity index (χ2v) is 2.77. The van der Waals surface area contributed by atoms with Gasteiger partial charge in [0.15, 0.2) is 6.29 Å². The summed E-state index contributed by atoms with van der Waals surface area (Å²) in [5, 5.41) is 7.48. The number of pyridine rings is 1. The summed E-state index contributed by atoms with van der Waals surface area (Å²) in [6, 6.07) is 5.30. The lowest BCUT2D eigenvalue weighted by atomic mass is 10.3. The van der Waals surface area contributed by atoms with Crippen LogP contribution in [0.2, 0.25) is 0 Å². The van der Waals surface area contributed by atoms with Crippen molar-refractivity contribution in [1.82, 2.24) is 20.0 Å². The number of rotatable bonds is 3. The molecular formula is C9H8N4O. The molecule has 2 heterocycles. The topological polar surface area (TPSA) is 60.7 Å². The van der Waals surface area contributed by atoms with Crippen LogP contribution in [0.3, 0.4) is 0 Å². The van der Waals surface area contributed by atoms with Gasteiger partial charge < -0.3 is 0 Å². The lowest BCUT2D eigenvalue weighted by Crippen LogP contribution is -2.03. The minimum Gasteiger partial charge on any atom is -0.296 e. The van der Waals surface area contributed by atoms with E-state index in [1.807, 2.05) is 6.07 Å². The van der Waals surface area contributed by atoms with Crippen LogP contribution >= 0.6 is 0 Å². The first-order valence-corrected chi connectivity index (χ1v) is 4.14. The fourth-order valence-electron chi connectivity index (χ4n) is 1.13. The van der Waals surface area contributed by atoms with Crippen molar-refractivity contribution in [2.75, 3.05) is 0 Å². The van der Waals surface area contributed by atoms with Crippen molar-refractivity contribution in [1.29, 1.82) is 0 Å². The highest BCUT2D eigenvalue weighted by molar-refractivity contribution is 5.71. The summed E-state index contributed by atoms with van der Waals surface area (Å²) in [5.41, 5.74) is 1.22. The van der Waals surface area contributed by atoms with E-state index in [1.165, 1.54) is 0 Å². The van der Waals surface area contributed by atoms with Crippen LogP contribution in [0.1, 0.15) is 16.2 Å². The monoisotopic (exact) mass is 188 g/mol. The molecule has 0 atom stereocenters. The molecule has 2 aromatic heterocycles. The fraction of sp³-hybridized carbons (Fsp3) is 0.111. The molecule has 0 aliphatic carbocycles. The van der Waals surface area contributed by atoms with Crippen LogP contribution in [-0.4, -0.2) is 26.3 Å². The van der Waals surface area contributed by atoms with Crippen LogP contribution in [-0.2, 0) is 6.54 Å². The molecule has 0 fully saturated rings. The predicted octanol–water partition coefficient (Wildman–Crippen LogP) is 0.534. The van der Waals surface area contributed by atoms with Crippen LogP contribution in [0.25, 0.3) is 0 Å². The van der Waals surface area contributed by atoms with Crippen molar-refractivity contribution in [2.24, 2.45) is 0 Å². The molecule has 14 heavy (non-hydrogen) atoms. The SMILES string of the molecule is O=Cc1cccc(Cn2ccnn2)n1. The van der Waals surface area contributed by atoms with Crippen LogP contribution < -0.4 is 0 Å². The Hall–Kier alpha value is -2.04. The van der Waals surface area contributed by atoms with Gasteiger partial charge in [0.1, 0.15) is 5.69 Å². The van der Waals surface area contributed by atoms with E-state index in [0.29, 0.717) is 12.2 Å². The van der Waals surface area contributed by atoms with Crippen LogP contribution in [0.15, 0.2) is 30.6 Å². The van der Waals surface area contributed by atoms with Crippen molar-refractivity contribution in [3.63, 3.8) is 0 Å². The van der Waals surface area contributed by atoms with E-state index < -0.39 is 0 Å². The number of nitrogens with zero attached hydrogens (tertiary/aromatic N) is 4. The molecule has 0 aliphatic rings. The molecule has 5 nitrogen and oxygen atoms in total. The Labute approximate surface area is 80.4 Å². The summed E-state index contributed by atoms with van der Waals surface area (Å²) in [7, 11) is 0. The van der Waals surface area contributed by atoms with Crippen molar-refractivity contribution in [3.05, 3.63) is 42.0 Å². The molecule has 0 aromatic carbocycles. The first-order chi connectivity index (χ1) is 6.88. The van der Waals surface area contributed by atoms with E-state index in [9.17, 15) is 4.79 Å². The minimum atomic E-state index is 0.433. The van der Waals surface area contributed by atoms with Crippen LogP contribution in [0.4, 0.5) is 0 Å². The molecule has 0 spiro atoms. The van der Waals surface area contributed by atoms with Gasteiger partial charge in [0.25, 0.3) is 0 Å². The molecule has 0 radical (unpaired) electrons. The van der Waals surface area contributed by atoms with Crippen molar-refractivity contribution < 1.29 is 4.79 Å². The highest BCUT2D eigenvalue weighted by Crippen LogP contribution is 1.99. The highest BCUT2D eigenvalue weighted by Gasteiger charge is 1.98. The van der Waals surface area contributed by atoms with Crippen molar-refractivity contribution >= 4 is 6.29 Å². The standard InChI is InChI=1S/C9H8N4O/c14-7-9-3-1-2-8(11-9)6-13-5-4-10-12-13/h1-5,7H,6H2. The molecule has 0 saturated carbocycles. The van der Waals surface area contributed by atoms with Gasteiger partial charge in [0, 0.05) is 6.20 Å². The molecule has 2 aromatic rings. The Balaban J connectivity index is 2.21. The molecule has 0 saturated heterocycles. The molecule has 0 N–H and O–H groups in total. The zero-order valence-electron chi connectivity index (χ0n) is 7.37. The number of hydrogen-bond acceptors (Lipinski definition) is 4. The van der Waals surface area contributed by atoms with Gasteiger partial charge >= 0.3 is 0 Å². The van der Waals surface area contributed by atoms with Gasteiger partial charge in [0.05, 0.1) is 18.4 Å². The third kappa shape index (κ3) is 1.82. The molecule has 0 amide bonds. The molecular weight excluding hydrogens is 180 g/mol. The first kappa shape index (κ1) is 8.55. The van der Waals surface area contributed by atoms with Gasteiger partial charge in [-0.2, -0.15) is 0 Å². The van der Waals surface area contributed by atoms with Crippen LogP contribution in [0, 0.1) is 0 Å². The average Bonchev–Trinajstić information content (AvgIpc) is 2.71. The molecule has 0 bridgehead atoms. The summed E-state index contributed by atoms with van der Waals surface area (Å²) < 4.78 is 1.65. The van der Waals surface area contributed by atoms with Crippen molar-refractivity contribution in [2.45, 2.75) is 6.54 Å². The quantitative estimate of drug-likeness (QED) is 0.659. The molecule has 2 rings (SSSR count). The maximum atomic E-state index is 10.5. The third-order valence-corrected chi connectivity index (χ3v) is 1.74. The minimum absolute atomic E-state index is 0.433. The molecule has 70 valence electrons. The van der Waals surface area contributed by atoms with E-state index in [1.54, 1.807) is 29.2 Å². The van der Waals surface area contributed by atoms with Gasteiger partial charge in [0.2, 0.25) is 0 Å². The second-order valence-electron chi connectivity index (χ2n) is 2.77. The number of aldehydes is 1. The smallest absolute Gasteiger partial charge is 0.168 e. The van der Waals surface area contributed by atoms with Gasteiger partial charge in [-0.1, -0.05) is 11.3 Å². The summed E-state index contributed by atoms with van der Waals surface area (Å²) >= 11 is 0. The maximum Gasteiger partial charge on any atom is 0.168 e. The number of aromatic nitrogens is 4. The van der Waals surface area contributed by atoms with E-state index in [2.05, 4.69) is 15.3 Å². The lowest BCUT2D eigenvalue weighted by Gasteiger charge is -1.99. The second kappa shape index (κ2) is 3.78. The molecule has 5 heteroatoms. The predicted molar refractivity (Wildman–Crippen MR) is 48.7 cm³/mol. The third-order valence-electron chi connectivity index (χ3n) is 1.74. The molecule has 0 unspecified atom stereocenters. The molecule has 0 aliphatic heterocycles. The van der Waals surface area contributed by atoms with E-state index in [-0.39, 0.29) is 0 Å². The maximum absolute atomic E-state index is 10.5. The van der Waals surface area contributed by atoms with Crippen LogP contribution in [0.5, 0.6) is 0 Å². The van der Waals surface area contributed by atoms with Gasteiger partial charge in [-0.25, -0.2) is 9.67 Å². The van der Waals surface area contributed by atoms with E-state index in [0.717, 1.165) is 12.0 Å². The fourth-order valence-corrected chi connectivity index (χ4v) is 1.13. The van der Waals surface area contributed by atoms with Crippen molar-refractivity contribution in [3.8, 4) is 0 Å². The Bertz CT molecular complexity index is 424. The van der Waals surface area contributed by atoms with E-state index >= 15 is 0 Å². The summed E-state index contributed by atoms with van der Waals surface area (Å²) in [6.07, 6.45) is 4.07.